The number of rotatable bonds is 6. The fraction of sp³-hybridized carbons (Fsp3) is 0.300. The summed E-state index contributed by atoms with van der Waals surface area (Å²) in [5, 5.41) is 13.3. The average molecular weight is 363 g/mol. The maximum absolute atomic E-state index is 12.8. The van der Waals surface area contributed by atoms with Crippen LogP contribution < -0.4 is 5.56 Å². The monoisotopic (exact) mass is 363 g/mol. The highest BCUT2D eigenvalue weighted by Crippen LogP contribution is 2.28. The molecule has 4 rings (SSSR count). The van der Waals surface area contributed by atoms with E-state index in [1.54, 1.807) is 22.4 Å². The summed E-state index contributed by atoms with van der Waals surface area (Å²) in [6.07, 6.45) is 3.77. The van der Waals surface area contributed by atoms with E-state index in [0.29, 0.717) is 29.8 Å². The lowest BCUT2D eigenvalue weighted by atomic mass is 10.1. The van der Waals surface area contributed by atoms with Crippen molar-refractivity contribution >= 4 is 16.7 Å². The van der Waals surface area contributed by atoms with E-state index < -0.39 is 0 Å². The predicted molar refractivity (Wildman–Crippen MR) is 104 cm³/mol. The third-order valence-electron chi connectivity index (χ3n) is 4.62. The van der Waals surface area contributed by atoms with Gasteiger partial charge in [-0.15, -0.1) is 10.2 Å². The van der Waals surface area contributed by atoms with Gasteiger partial charge in [-0.25, -0.2) is 4.52 Å². The molecule has 7 heteroatoms. The Balaban J connectivity index is 1.98. The van der Waals surface area contributed by atoms with E-state index in [9.17, 15) is 4.79 Å². The van der Waals surface area contributed by atoms with Crippen LogP contribution >= 0.6 is 0 Å². The van der Waals surface area contributed by atoms with Crippen molar-refractivity contribution in [1.82, 2.24) is 24.4 Å². The van der Waals surface area contributed by atoms with Gasteiger partial charge in [0.1, 0.15) is 5.52 Å². The summed E-state index contributed by atoms with van der Waals surface area (Å²) in [7, 11) is 1.63. The molecule has 27 heavy (non-hydrogen) atoms. The van der Waals surface area contributed by atoms with Gasteiger partial charge in [0.25, 0.3) is 5.56 Å². The molecule has 0 saturated heterocycles. The van der Waals surface area contributed by atoms with Gasteiger partial charge in [0.15, 0.2) is 11.2 Å². The molecule has 0 bridgehead atoms. The Kier molecular flexibility index (Phi) is 4.68. The Morgan fingerprint density at radius 2 is 1.93 bits per heavy atom. The van der Waals surface area contributed by atoms with E-state index in [1.165, 1.54) is 0 Å². The number of ether oxygens (including phenoxy) is 1. The molecule has 0 aliphatic heterocycles. The molecule has 0 aliphatic rings. The van der Waals surface area contributed by atoms with E-state index >= 15 is 0 Å². The lowest BCUT2D eigenvalue weighted by molar-refractivity contribution is 0.181. The molecule has 0 saturated carbocycles. The molecule has 0 unspecified atom stereocenters. The minimum Gasteiger partial charge on any atom is -0.378 e. The van der Waals surface area contributed by atoms with Gasteiger partial charge >= 0.3 is 0 Å². The predicted octanol–water partition coefficient (Wildman–Crippen LogP) is 3.05. The molecule has 0 N–H and O–H groups in total. The Bertz CT molecular complexity index is 1150. The molecule has 4 aromatic rings. The van der Waals surface area contributed by atoms with Crippen molar-refractivity contribution in [2.75, 3.05) is 7.11 Å². The molecule has 0 fully saturated rings. The van der Waals surface area contributed by atoms with Gasteiger partial charge in [0, 0.05) is 19.9 Å². The van der Waals surface area contributed by atoms with Crippen molar-refractivity contribution in [3.8, 4) is 11.1 Å². The van der Waals surface area contributed by atoms with E-state index in [-0.39, 0.29) is 5.56 Å². The molecule has 0 spiro atoms. The first-order chi connectivity index (χ1) is 13.2. The van der Waals surface area contributed by atoms with Crippen molar-refractivity contribution in [2.45, 2.75) is 32.9 Å². The summed E-state index contributed by atoms with van der Waals surface area (Å²) in [6.45, 7) is 3.12. The number of unbranched alkanes of at least 4 members (excludes halogenated alkanes) is 1. The van der Waals surface area contributed by atoms with E-state index in [0.717, 1.165) is 29.7 Å². The van der Waals surface area contributed by atoms with Crippen molar-refractivity contribution in [3.05, 3.63) is 58.6 Å². The van der Waals surface area contributed by atoms with Gasteiger partial charge in [-0.05, 0) is 18.1 Å². The second-order valence-electron chi connectivity index (χ2n) is 6.46. The first kappa shape index (κ1) is 17.4. The second kappa shape index (κ2) is 7.28. The molecular formula is C20H21N5O2. The van der Waals surface area contributed by atoms with Gasteiger partial charge in [-0.1, -0.05) is 43.7 Å². The first-order valence-corrected chi connectivity index (χ1v) is 9.06. The van der Waals surface area contributed by atoms with E-state index in [1.807, 2.05) is 36.4 Å². The van der Waals surface area contributed by atoms with Crippen molar-refractivity contribution in [2.24, 2.45) is 0 Å². The Morgan fingerprint density at radius 3 is 2.67 bits per heavy atom. The largest absolute Gasteiger partial charge is 0.378 e. The Hall–Kier alpha value is -3.06. The van der Waals surface area contributed by atoms with Crippen LogP contribution in [0.15, 0.2) is 47.4 Å². The number of fused-ring (bicyclic) bond motifs is 3. The van der Waals surface area contributed by atoms with Crippen LogP contribution in [0.2, 0.25) is 0 Å². The van der Waals surface area contributed by atoms with Crippen LogP contribution in [0, 0.1) is 0 Å². The highest BCUT2D eigenvalue weighted by atomic mass is 16.5. The lowest BCUT2D eigenvalue weighted by Crippen LogP contribution is -2.21. The second-order valence-corrected chi connectivity index (χ2v) is 6.46. The molecule has 3 aromatic heterocycles. The molecule has 3 heterocycles. The first-order valence-electron chi connectivity index (χ1n) is 9.06. The van der Waals surface area contributed by atoms with Crippen LogP contribution in [0.25, 0.3) is 27.8 Å². The van der Waals surface area contributed by atoms with Gasteiger partial charge < -0.3 is 9.30 Å². The summed E-state index contributed by atoms with van der Waals surface area (Å²) < 4.78 is 8.71. The molecule has 1 aromatic carbocycles. The van der Waals surface area contributed by atoms with Crippen LogP contribution in [0.1, 0.15) is 25.5 Å². The van der Waals surface area contributed by atoms with Crippen LogP contribution in [0.3, 0.4) is 0 Å². The summed E-state index contributed by atoms with van der Waals surface area (Å²) in [4.78, 5) is 12.8. The van der Waals surface area contributed by atoms with Crippen molar-refractivity contribution in [3.63, 3.8) is 0 Å². The summed E-state index contributed by atoms with van der Waals surface area (Å²) >= 11 is 0. The Labute approximate surface area is 156 Å². The number of methoxy groups -OCH3 is 1. The highest BCUT2D eigenvalue weighted by Gasteiger charge is 2.19. The van der Waals surface area contributed by atoms with Gasteiger partial charge in [0.05, 0.1) is 17.9 Å². The summed E-state index contributed by atoms with van der Waals surface area (Å²) in [5.74, 6) is 0. The summed E-state index contributed by atoms with van der Waals surface area (Å²) in [5.41, 5.74) is 4.09. The lowest BCUT2D eigenvalue weighted by Gasteiger charge is -2.06. The molecule has 0 atom stereocenters. The summed E-state index contributed by atoms with van der Waals surface area (Å²) in [6, 6.07) is 11.8. The van der Waals surface area contributed by atoms with E-state index in [4.69, 9.17) is 4.74 Å². The number of hydrogen-bond acceptors (Lipinski definition) is 5. The topological polar surface area (TPSA) is 74.3 Å². The minimum absolute atomic E-state index is 0.139. The van der Waals surface area contributed by atoms with Gasteiger partial charge in [-0.3, -0.25) is 4.79 Å². The number of hydrogen-bond donors (Lipinski definition) is 0. The van der Waals surface area contributed by atoms with E-state index in [2.05, 4.69) is 22.2 Å². The zero-order valence-corrected chi connectivity index (χ0v) is 15.4. The van der Waals surface area contributed by atoms with Crippen LogP contribution in [0.5, 0.6) is 0 Å². The number of aromatic nitrogens is 5. The Morgan fingerprint density at radius 1 is 1.11 bits per heavy atom. The zero-order valence-electron chi connectivity index (χ0n) is 15.4. The number of benzene rings is 1. The molecular weight excluding hydrogens is 342 g/mol. The normalized spacial score (nSPS) is 11.5. The average Bonchev–Trinajstić information content (AvgIpc) is 3.07. The maximum atomic E-state index is 12.8. The molecule has 0 amide bonds. The quantitative estimate of drug-likeness (QED) is 0.526. The number of aryl methyl sites for hydroxylation is 1. The smallest absolute Gasteiger partial charge is 0.280 e. The van der Waals surface area contributed by atoms with Gasteiger partial charge in [-0.2, -0.15) is 5.10 Å². The third-order valence-corrected chi connectivity index (χ3v) is 4.62. The standard InChI is InChI=1S/C20H21N5O2/c1-3-4-11-24-12-10-16-18(20(24)26)21-22-19-17(14-8-6-5-7-9-14)15(13-27-2)23-25(16)19/h5-10,12H,3-4,11,13H2,1-2H3. The SMILES string of the molecule is CCCCn1ccc2c(nnc3c(-c4ccccc4)c(COC)nn32)c1=O. The zero-order chi connectivity index (χ0) is 18.8. The molecule has 7 nitrogen and oxygen atoms in total. The third kappa shape index (κ3) is 3.00. The number of pyridine rings is 1. The molecule has 0 aliphatic carbocycles. The minimum atomic E-state index is -0.139. The highest BCUT2D eigenvalue weighted by molar-refractivity contribution is 5.84. The maximum Gasteiger partial charge on any atom is 0.280 e. The van der Waals surface area contributed by atoms with Crippen LogP contribution in [-0.2, 0) is 17.9 Å². The fourth-order valence-corrected chi connectivity index (χ4v) is 3.27. The van der Waals surface area contributed by atoms with Crippen molar-refractivity contribution < 1.29 is 4.74 Å². The fourth-order valence-electron chi connectivity index (χ4n) is 3.27. The van der Waals surface area contributed by atoms with Crippen LogP contribution in [0.4, 0.5) is 0 Å². The van der Waals surface area contributed by atoms with Gasteiger partial charge in [0.2, 0.25) is 0 Å². The van der Waals surface area contributed by atoms with Crippen LogP contribution in [-0.4, -0.2) is 31.5 Å². The van der Waals surface area contributed by atoms with Crippen molar-refractivity contribution in [1.29, 1.82) is 0 Å². The molecule has 0 radical (unpaired) electrons. The molecule has 138 valence electrons. The number of nitrogens with zero attached hydrogens (tertiary/aromatic N) is 5.